The van der Waals surface area contributed by atoms with E-state index in [1.807, 2.05) is 19.9 Å². The standard InChI is InChI=1S/C38H54O14/c1-17(2)11-19(42)12-20-28-23(50-32(20)47)14-38(16-40)21-7-8-25-35(4,22(21)13-26(43)37(28,38)6)10-9-27(49-18(3)41)36(25,5)34(48)52-33-31(46)30(45)29(44)24(15-39)51-33/h7,11,20,22-31,33,39-40,43-46H,8-10,12-16H2,1-6H3/t20-,22-,23+,24-,25+,26-,27+,28+,29-,30+,31-,33+,35+,36-,37-,38-/m1/s1. The van der Waals surface area contributed by atoms with E-state index in [2.05, 4.69) is 0 Å². The highest BCUT2D eigenvalue weighted by molar-refractivity contribution is 5.93. The van der Waals surface area contributed by atoms with Crippen LogP contribution in [-0.2, 0) is 38.1 Å². The van der Waals surface area contributed by atoms with E-state index in [4.69, 9.17) is 18.9 Å². The molecule has 14 nitrogen and oxygen atoms in total. The number of aliphatic hydroxyl groups excluding tert-OH is 6. The van der Waals surface area contributed by atoms with Gasteiger partial charge in [0.15, 0.2) is 5.78 Å². The minimum atomic E-state index is -1.84. The van der Waals surface area contributed by atoms with E-state index in [0.29, 0.717) is 6.42 Å². The maximum atomic E-state index is 14.4. The van der Waals surface area contributed by atoms with Crippen LogP contribution in [0.25, 0.3) is 0 Å². The van der Waals surface area contributed by atoms with Crippen molar-refractivity contribution < 1.29 is 68.8 Å². The van der Waals surface area contributed by atoms with Gasteiger partial charge in [0.1, 0.15) is 42.0 Å². The van der Waals surface area contributed by atoms with Gasteiger partial charge in [-0.05, 0) is 76.2 Å². The van der Waals surface area contributed by atoms with Gasteiger partial charge in [0.2, 0.25) is 6.29 Å². The molecule has 6 rings (SSSR count). The molecule has 290 valence electrons. The molecule has 0 bridgehead atoms. The summed E-state index contributed by atoms with van der Waals surface area (Å²) in [4.78, 5) is 53.0. The van der Waals surface area contributed by atoms with Gasteiger partial charge in [0.05, 0.1) is 25.2 Å². The van der Waals surface area contributed by atoms with Crippen molar-refractivity contribution in [1.29, 1.82) is 0 Å². The van der Waals surface area contributed by atoms with Crippen molar-refractivity contribution in [3.63, 3.8) is 0 Å². The zero-order valence-corrected chi connectivity index (χ0v) is 30.7. The fourth-order valence-corrected chi connectivity index (χ4v) is 11.6. The second-order valence-corrected chi connectivity index (χ2v) is 17.0. The van der Waals surface area contributed by atoms with Crippen molar-refractivity contribution in [3.05, 3.63) is 23.3 Å². The average molecular weight is 735 g/mol. The Kier molecular flexibility index (Phi) is 10.2. The van der Waals surface area contributed by atoms with Gasteiger partial charge < -0.3 is 49.6 Å². The summed E-state index contributed by atoms with van der Waals surface area (Å²) < 4.78 is 22.9. The zero-order valence-electron chi connectivity index (χ0n) is 30.7. The predicted octanol–water partition coefficient (Wildman–Crippen LogP) is 0.867. The zero-order chi connectivity index (χ0) is 38.3. The highest BCUT2D eigenvalue weighted by atomic mass is 16.7. The van der Waals surface area contributed by atoms with E-state index in [1.165, 1.54) is 13.0 Å². The summed E-state index contributed by atoms with van der Waals surface area (Å²) in [5, 5.41) is 64.7. The molecule has 14 heteroatoms. The summed E-state index contributed by atoms with van der Waals surface area (Å²) in [5.74, 6) is -4.39. The van der Waals surface area contributed by atoms with Crippen LogP contribution in [0.5, 0.6) is 0 Å². The maximum absolute atomic E-state index is 14.4. The Morgan fingerprint density at radius 3 is 2.31 bits per heavy atom. The molecular formula is C38H54O14. The van der Waals surface area contributed by atoms with Gasteiger partial charge >= 0.3 is 17.9 Å². The predicted molar refractivity (Wildman–Crippen MR) is 179 cm³/mol. The van der Waals surface area contributed by atoms with Gasteiger partial charge in [-0.3, -0.25) is 19.2 Å². The first-order chi connectivity index (χ1) is 24.3. The fraction of sp³-hybridized carbons (Fsp3) is 0.789. The van der Waals surface area contributed by atoms with Crippen LogP contribution in [0, 0.1) is 45.3 Å². The molecular weight excluding hydrogens is 680 g/mol. The lowest BCUT2D eigenvalue weighted by Gasteiger charge is -2.65. The topological polar surface area (TPSA) is 227 Å². The van der Waals surface area contributed by atoms with E-state index in [0.717, 1.165) is 11.1 Å². The minimum Gasteiger partial charge on any atom is -0.462 e. The Bertz CT molecular complexity index is 1530. The number of ether oxygens (including phenoxy) is 4. The van der Waals surface area contributed by atoms with E-state index in [1.54, 1.807) is 20.8 Å². The summed E-state index contributed by atoms with van der Waals surface area (Å²) in [6, 6.07) is 0. The van der Waals surface area contributed by atoms with Crippen LogP contribution in [0.2, 0.25) is 0 Å². The number of hydrogen-bond acceptors (Lipinski definition) is 14. The molecule has 2 heterocycles. The molecule has 3 saturated carbocycles. The van der Waals surface area contributed by atoms with Crippen LogP contribution in [-0.4, -0.2) is 117 Å². The van der Waals surface area contributed by atoms with Gasteiger partial charge in [-0.15, -0.1) is 0 Å². The first-order valence-electron chi connectivity index (χ1n) is 18.4. The second-order valence-electron chi connectivity index (χ2n) is 17.0. The Hall–Kier alpha value is -2.72. The van der Waals surface area contributed by atoms with Crippen molar-refractivity contribution in [2.45, 2.75) is 129 Å². The molecule has 0 radical (unpaired) electrons. The monoisotopic (exact) mass is 734 g/mol. The molecule has 2 saturated heterocycles. The lowest BCUT2D eigenvalue weighted by atomic mass is 9.40. The van der Waals surface area contributed by atoms with Gasteiger partial charge in [-0.1, -0.05) is 31.1 Å². The maximum Gasteiger partial charge on any atom is 0.318 e. The number of ketones is 1. The number of allylic oxidation sites excluding steroid dienone is 3. The molecule has 2 aliphatic heterocycles. The summed E-state index contributed by atoms with van der Waals surface area (Å²) in [6.45, 7) is 9.33. The first-order valence-corrected chi connectivity index (χ1v) is 18.4. The number of fused-ring (bicyclic) bond motifs is 7. The number of esters is 3. The minimum absolute atomic E-state index is 0.0658. The lowest BCUT2D eigenvalue weighted by molar-refractivity contribution is -0.299. The van der Waals surface area contributed by atoms with Crippen LogP contribution in [0.4, 0.5) is 0 Å². The molecule has 0 aromatic heterocycles. The largest absolute Gasteiger partial charge is 0.462 e. The molecule has 4 aliphatic carbocycles. The number of aliphatic hydroxyl groups is 6. The third-order valence-corrected chi connectivity index (χ3v) is 14.2. The quantitative estimate of drug-likeness (QED) is 0.0881. The van der Waals surface area contributed by atoms with Crippen LogP contribution >= 0.6 is 0 Å². The number of carbonyl (C=O) groups excluding carboxylic acids is 4. The molecule has 52 heavy (non-hydrogen) atoms. The normalized spacial score (nSPS) is 47.8. The molecule has 0 unspecified atom stereocenters. The van der Waals surface area contributed by atoms with Gasteiger partial charge in [0, 0.05) is 30.1 Å². The average Bonchev–Trinajstić information content (AvgIpc) is 3.52. The molecule has 0 aromatic rings. The van der Waals surface area contributed by atoms with Crippen molar-refractivity contribution in [2.75, 3.05) is 13.2 Å². The second kappa shape index (κ2) is 13.5. The van der Waals surface area contributed by atoms with Gasteiger partial charge in [-0.25, -0.2) is 0 Å². The van der Waals surface area contributed by atoms with Crippen molar-refractivity contribution >= 4 is 23.7 Å². The number of hydrogen-bond donors (Lipinski definition) is 6. The van der Waals surface area contributed by atoms with Crippen molar-refractivity contribution in [1.82, 2.24) is 0 Å². The Morgan fingerprint density at radius 2 is 1.69 bits per heavy atom. The third kappa shape index (κ3) is 5.53. The Balaban J connectivity index is 1.38. The Labute approximate surface area is 303 Å². The smallest absolute Gasteiger partial charge is 0.318 e. The number of carbonyl (C=O) groups is 4. The molecule has 0 spiro atoms. The third-order valence-electron chi connectivity index (χ3n) is 14.2. The SMILES string of the molecule is CC(=O)O[C@H]1CC[C@@]2(C)[C@@H]3C[C@@H](O)[C@]4(C)[C@@H]5[C@H](C[C@@]4(CO)C3=CC[C@@H]2[C@@]1(C)C(=O)O[C@@H]1O[C@H](CO)[C@@H](O)[C@H](O)[C@H]1O)OC(=O)[C@@H]5CC(=O)C=C(C)C. The first kappa shape index (κ1) is 39.0. The molecule has 6 aliphatic rings. The van der Waals surface area contributed by atoms with E-state index in [9.17, 15) is 49.8 Å². The summed E-state index contributed by atoms with van der Waals surface area (Å²) in [7, 11) is 0. The van der Waals surface area contributed by atoms with Crippen molar-refractivity contribution in [2.24, 2.45) is 45.3 Å². The molecule has 0 amide bonds. The molecule has 6 N–H and O–H groups in total. The summed E-state index contributed by atoms with van der Waals surface area (Å²) in [5.41, 5.74) is -2.57. The highest BCUT2D eigenvalue weighted by Crippen LogP contribution is 2.74. The van der Waals surface area contributed by atoms with E-state index < -0.39 is 113 Å². The highest BCUT2D eigenvalue weighted by Gasteiger charge is 2.76. The van der Waals surface area contributed by atoms with Gasteiger partial charge in [0.25, 0.3) is 0 Å². The molecule has 5 fully saturated rings. The van der Waals surface area contributed by atoms with E-state index >= 15 is 0 Å². The van der Waals surface area contributed by atoms with Crippen molar-refractivity contribution in [3.8, 4) is 0 Å². The van der Waals surface area contributed by atoms with Crippen LogP contribution in [0.1, 0.15) is 80.1 Å². The van der Waals surface area contributed by atoms with Gasteiger partial charge in [-0.2, -0.15) is 0 Å². The van der Waals surface area contributed by atoms with Crippen LogP contribution in [0.3, 0.4) is 0 Å². The molecule has 0 aromatic carbocycles. The van der Waals surface area contributed by atoms with Crippen LogP contribution < -0.4 is 0 Å². The Morgan fingerprint density at radius 1 is 1.00 bits per heavy atom. The fourth-order valence-electron chi connectivity index (χ4n) is 11.6. The number of rotatable bonds is 8. The summed E-state index contributed by atoms with van der Waals surface area (Å²) in [6.07, 6.45) is -5.99. The lowest BCUT2D eigenvalue weighted by Crippen LogP contribution is -2.66. The van der Waals surface area contributed by atoms with E-state index in [-0.39, 0.29) is 50.4 Å². The van der Waals surface area contributed by atoms with Crippen LogP contribution in [0.15, 0.2) is 23.3 Å². The summed E-state index contributed by atoms with van der Waals surface area (Å²) >= 11 is 0. The molecule has 16 atom stereocenters.